The van der Waals surface area contributed by atoms with Crippen LogP contribution >= 0.6 is 23.2 Å². The predicted molar refractivity (Wildman–Crippen MR) is 123 cm³/mol. The number of halogens is 2. The lowest BCUT2D eigenvalue weighted by Crippen LogP contribution is -3.11. The first-order valence-corrected chi connectivity index (χ1v) is 11.4. The van der Waals surface area contributed by atoms with Crippen molar-refractivity contribution in [3.05, 3.63) is 79.6 Å². The zero-order chi connectivity index (χ0) is 22.1. The van der Waals surface area contributed by atoms with Crippen molar-refractivity contribution in [1.82, 2.24) is 4.90 Å². The standard InChI is InChI=1S/C24H24Cl2N2O3/c1-3-27(4-2)12-7-13-28-21(15-10-11-17(25)18(26)14-15)20-22(29)16-8-5-6-9-19(16)31-23(20)24(28)30/h5-6,8-11,14,21H,3-4,7,12-13H2,1-2H3/p+1/t21-/m1/s1. The number of quaternary nitrogens is 1. The average Bonchev–Trinajstić information content (AvgIpc) is 3.05. The third kappa shape index (κ3) is 3.98. The molecule has 1 atom stereocenters. The van der Waals surface area contributed by atoms with E-state index in [9.17, 15) is 9.59 Å². The Hall–Kier alpha value is -2.34. The summed E-state index contributed by atoms with van der Waals surface area (Å²) in [6.45, 7) is 7.85. The van der Waals surface area contributed by atoms with E-state index in [4.69, 9.17) is 27.6 Å². The molecule has 31 heavy (non-hydrogen) atoms. The van der Waals surface area contributed by atoms with Gasteiger partial charge in [0.25, 0.3) is 5.91 Å². The van der Waals surface area contributed by atoms with Crippen molar-refractivity contribution in [3.63, 3.8) is 0 Å². The molecule has 0 saturated carbocycles. The molecule has 7 heteroatoms. The average molecular weight is 460 g/mol. The summed E-state index contributed by atoms with van der Waals surface area (Å²) in [4.78, 5) is 30.0. The molecule has 0 aliphatic carbocycles. The molecule has 1 N–H and O–H groups in total. The highest BCUT2D eigenvalue weighted by atomic mass is 35.5. The van der Waals surface area contributed by atoms with E-state index in [0.717, 1.165) is 31.6 Å². The Kier molecular flexibility index (Phi) is 6.37. The summed E-state index contributed by atoms with van der Waals surface area (Å²) in [5.41, 5.74) is 1.36. The fourth-order valence-corrected chi connectivity index (χ4v) is 4.64. The van der Waals surface area contributed by atoms with Gasteiger partial charge in [0.1, 0.15) is 5.58 Å². The second-order valence-electron chi connectivity index (χ2n) is 7.81. The maximum absolute atomic E-state index is 13.4. The number of nitrogens with one attached hydrogen (secondary N) is 1. The van der Waals surface area contributed by atoms with Crippen molar-refractivity contribution in [2.45, 2.75) is 26.3 Å². The highest BCUT2D eigenvalue weighted by molar-refractivity contribution is 6.42. The van der Waals surface area contributed by atoms with Gasteiger partial charge in [-0.2, -0.15) is 0 Å². The second-order valence-corrected chi connectivity index (χ2v) is 8.62. The zero-order valence-electron chi connectivity index (χ0n) is 17.6. The van der Waals surface area contributed by atoms with Crippen LogP contribution in [0.25, 0.3) is 11.0 Å². The summed E-state index contributed by atoms with van der Waals surface area (Å²) in [5.74, 6) is -0.140. The first-order chi connectivity index (χ1) is 15.0. The smallest absolute Gasteiger partial charge is 0.290 e. The van der Waals surface area contributed by atoms with Crippen molar-refractivity contribution in [3.8, 4) is 0 Å². The number of hydrogen-bond acceptors (Lipinski definition) is 3. The van der Waals surface area contributed by atoms with Crippen molar-refractivity contribution >= 4 is 40.1 Å². The first-order valence-electron chi connectivity index (χ1n) is 10.6. The molecule has 0 radical (unpaired) electrons. The van der Waals surface area contributed by atoms with Gasteiger partial charge in [-0.05, 0) is 43.7 Å². The molecule has 0 bridgehead atoms. The second kappa shape index (κ2) is 9.03. The van der Waals surface area contributed by atoms with Crippen LogP contribution in [0.2, 0.25) is 10.0 Å². The number of para-hydroxylation sites is 1. The highest BCUT2D eigenvalue weighted by Crippen LogP contribution is 2.39. The maximum Gasteiger partial charge on any atom is 0.290 e. The molecule has 162 valence electrons. The molecule has 0 saturated heterocycles. The summed E-state index contributed by atoms with van der Waals surface area (Å²) < 4.78 is 5.95. The molecule has 1 aliphatic rings. The van der Waals surface area contributed by atoms with Gasteiger partial charge in [-0.1, -0.05) is 41.4 Å². The van der Waals surface area contributed by atoms with Gasteiger partial charge in [-0.3, -0.25) is 9.59 Å². The van der Waals surface area contributed by atoms with Crippen LogP contribution in [0.15, 0.2) is 51.7 Å². The van der Waals surface area contributed by atoms with Gasteiger partial charge in [-0.15, -0.1) is 0 Å². The fourth-order valence-electron chi connectivity index (χ4n) is 4.33. The fraction of sp³-hybridized carbons (Fsp3) is 0.333. The maximum atomic E-state index is 13.4. The van der Waals surface area contributed by atoms with E-state index in [2.05, 4.69) is 13.8 Å². The zero-order valence-corrected chi connectivity index (χ0v) is 19.1. The van der Waals surface area contributed by atoms with Crippen LogP contribution in [-0.2, 0) is 0 Å². The van der Waals surface area contributed by atoms with Gasteiger partial charge in [0.2, 0.25) is 5.76 Å². The number of amides is 1. The molecule has 0 unspecified atom stereocenters. The van der Waals surface area contributed by atoms with Crippen molar-refractivity contribution < 1.29 is 14.1 Å². The molecule has 3 aromatic rings. The third-order valence-corrected chi connectivity index (χ3v) is 6.80. The van der Waals surface area contributed by atoms with Crippen molar-refractivity contribution in [1.29, 1.82) is 0 Å². The molecule has 4 rings (SSSR count). The Labute approximate surface area is 191 Å². The minimum atomic E-state index is -0.551. The van der Waals surface area contributed by atoms with Crippen LogP contribution in [0.3, 0.4) is 0 Å². The van der Waals surface area contributed by atoms with Gasteiger partial charge in [0.05, 0.1) is 46.7 Å². The van der Waals surface area contributed by atoms with E-state index < -0.39 is 6.04 Å². The molecular formula is C24H25Cl2N2O3+. The van der Waals surface area contributed by atoms with E-state index in [0.29, 0.717) is 33.1 Å². The van der Waals surface area contributed by atoms with E-state index in [-0.39, 0.29) is 17.1 Å². The lowest BCUT2D eigenvalue weighted by atomic mass is 9.98. The largest absolute Gasteiger partial charge is 0.450 e. The van der Waals surface area contributed by atoms with Crippen molar-refractivity contribution in [2.24, 2.45) is 0 Å². The summed E-state index contributed by atoms with van der Waals surface area (Å²) in [5, 5.41) is 1.28. The Morgan fingerprint density at radius 3 is 2.48 bits per heavy atom. The number of hydrogen-bond donors (Lipinski definition) is 1. The molecule has 5 nitrogen and oxygen atoms in total. The van der Waals surface area contributed by atoms with Gasteiger partial charge in [-0.25, -0.2) is 0 Å². The molecule has 2 aromatic carbocycles. The predicted octanol–water partition coefficient (Wildman–Crippen LogP) is 3.96. The monoisotopic (exact) mass is 459 g/mol. The lowest BCUT2D eigenvalue weighted by Gasteiger charge is -2.26. The normalized spacial score (nSPS) is 15.8. The van der Waals surface area contributed by atoms with Crippen molar-refractivity contribution in [2.75, 3.05) is 26.2 Å². The summed E-state index contributed by atoms with van der Waals surface area (Å²) in [6.07, 6.45) is 0.822. The van der Waals surface area contributed by atoms with Crippen LogP contribution in [-0.4, -0.2) is 37.0 Å². The molecule has 1 amide bonds. The van der Waals surface area contributed by atoms with Gasteiger partial charge >= 0.3 is 0 Å². The highest BCUT2D eigenvalue weighted by Gasteiger charge is 2.42. The quantitative estimate of drug-likeness (QED) is 0.581. The topological polar surface area (TPSA) is 55.0 Å². The number of fused-ring (bicyclic) bond motifs is 2. The molecule has 0 spiro atoms. The van der Waals surface area contributed by atoms with E-state index in [1.54, 1.807) is 41.3 Å². The van der Waals surface area contributed by atoms with E-state index in [1.807, 2.05) is 6.07 Å². The van der Waals surface area contributed by atoms with E-state index >= 15 is 0 Å². The minimum Gasteiger partial charge on any atom is -0.450 e. The Bertz CT molecular complexity index is 1190. The molecule has 1 aromatic heterocycles. The van der Waals surface area contributed by atoms with E-state index in [1.165, 1.54) is 4.90 Å². The molecule has 2 heterocycles. The van der Waals surface area contributed by atoms with Crippen LogP contribution < -0.4 is 10.3 Å². The summed E-state index contributed by atoms with van der Waals surface area (Å²) >= 11 is 12.4. The van der Waals surface area contributed by atoms with Crippen LogP contribution in [0.1, 0.15) is 48.0 Å². The lowest BCUT2D eigenvalue weighted by molar-refractivity contribution is -0.896. The Balaban J connectivity index is 1.80. The number of rotatable bonds is 7. The van der Waals surface area contributed by atoms with Crippen LogP contribution in [0.4, 0.5) is 0 Å². The number of carbonyl (C=O) groups is 1. The van der Waals surface area contributed by atoms with Crippen LogP contribution in [0, 0.1) is 0 Å². The molecule has 1 aliphatic heterocycles. The Morgan fingerprint density at radius 1 is 1.03 bits per heavy atom. The number of benzene rings is 2. The van der Waals surface area contributed by atoms with Gasteiger partial charge < -0.3 is 14.2 Å². The SMILES string of the molecule is CC[NH+](CC)CCCN1C(=O)c2oc3ccccc3c(=O)c2[C@H]1c1ccc(Cl)c(Cl)c1. The molecule has 0 fully saturated rings. The first kappa shape index (κ1) is 21.9. The van der Waals surface area contributed by atoms with Crippen LogP contribution in [0.5, 0.6) is 0 Å². The third-order valence-electron chi connectivity index (χ3n) is 6.06. The minimum absolute atomic E-state index is 0.120. The van der Waals surface area contributed by atoms with Gasteiger partial charge in [0.15, 0.2) is 5.43 Å². The Morgan fingerprint density at radius 2 is 1.77 bits per heavy atom. The molecular weight excluding hydrogens is 435 g/mol. The number of carbonyl (C=O) groups excluding carboxylic acids is 1. The summed E-state index contributed by atoms with van der Waals surface area (Å²) in [7, 11) is 0. The van der Waals surface area contributed by atoms with Gasteiger partial charge in [0, 0.05) is 13.0 Å². The summed E-state index contributed by atoms with van der Waals surface area (Å²) in [6, 6.07) is 11.7. The number of nitrogens with zero attached hydrogens (tertiary/aromatic N) is 1.